The van der Waals surface area contributed by atoms with Crippen LogP contribution in [0.2, 0.25) is 5.02 Å². The molecule has 1 saturated carbocycles. The van der Waals surface area contributed by atoms with E-state index in [2.05, 4.69) is 17.6 Å². The third-order valence-electron chi connectivity index (χ3n) is 4.48. The Morgan fingerprint density at radius 1 is 1.29 bits per heavy atom. The van der Waals surface area contributed by atoms with Gasteiger partial charge in [0.1, 0.15) is 11.8 Å². The number of carbonyl (C=O) groups excluding carboxylic acids is 1. The van der Waals surface area contributed by atoms with E-state index in [1.54, 1.807) is 7.05 Å². The molecule has 1 aliphatic carbocycles. The molecule has 0 saturated heterocycles. The Labute approximate surface area is 130 Å². The Morgan fingerprint density at radius 2 is 2.00 bits per heavy atom. The summed E-state index contributed by atoms with van der Waals surface area (Å²) in [4.78, 5) is 11.9. The maximum Gasteiger partial charge on any atom is 0.246 e. The predicted octanol–water partition coefficient (Wildman–Crippen LogP) is 3.51. The minimum Gasteiger partial charge on any atom is -0.489 e. The van der Waals surface area contributed by atoms with Gasteiger partial charge in [-0.3, -0.25) is 4.79 Å². The largest absolute Gasteiger partial charge is 0.489 e. The molecule has 0 spiro atoms. The molecule has 21 heavy (non-hydrogen) atoms. The number of halogens is 1. The summed E-state index contributed by atoms with van der Waals surface area (Å²) in [5, 5.41) is 6.43. The first-order valence-electron chi connectivity index (χ1n) is 7.56. The Kier molecular flexibility index (Phi) is 4.09. The fourth-order valence-electron chi connectivity index (χ4n) is 3.17. The van der Waals surface area contributed by atoms with E-state index >= 15 is 0 Å². The van der Waals surface area contributed by atoms with Gasteiger partial charge in [0.05, 0.1) is 11.1 Å². The number of nitrogens with one attached hydrogen (secondary N) is 2. The number of rotatable bonds is 3. The van der Waals surface area contributed by atoms with Crippen LogP contribution >= 0.6 is 11.6 Å². The van der Waals surface area contributed by atoms with Crippen LogP contribution in [-0.4, -0.2) is 19.1 Å². The molecule has 1 atom stereocenters. The minimum absolute atomic E-state index is 0.0489. The number of amides is 1. The number of benzene rings is 1. The molecule has 0 aromatic heterocycles. The molecule has 1 aromatic rings. The Morgan fingerprint density at radius 3 is 2.67 bits per heavy atom. The van der Waals surface area contributed by atoms with E-state index in [0.717, 1.165) is 30.0 Å². The molecule has 0 bridgehead atoms. The minimum atomic E-state index is -0.331. The van der Waals surface area contributed by atoms with Gasteiger partial charge in [-0.05, 0) is 44.7 Å². The average molecular weight is 309 g/mol. The van der Waals surface area contributed by atoms with E-state index in [9.17, 15) is 4.79 Å². The van der Waals surface area contributed by atoms with Crippen LogP contribution in [0.25, 0.3) is 0 Å². The molecule has 3 rings (SSSR count). The molecule has 1 amide bonds. The molecule has 1 unspecified atom stereocenters. The Hall–Kier alpha value is -1.26. The zero-order valence-electron chi connectivity index (χ0n) is 12.4. The van der Waals surface area contributed by atoms with Crippen LogP contribution in [0.5, 0.6) is 5.75 Å². The number of hydrogen-bond acceptors (Lipinski definition) is 3. The van der Waals surface area contributed by atoms with Crippen molar-refractivity contribution in [3.05, 3.63) is 22.7 Å². The number of anilines is 1. The van der Waals surface area contributed by atoms with Crippen LogP contribution in [0.15, 0.2) is 12.1 Å². The molecule has 1 heterocycles. The molecule has 2 aliphatic rings. The van der Waals surface area contributed by atoms with Gasteiger partial charge in [-0.15, -0.1) is 0 Å². The highest BCUT2D eigenvalue weighted by molar-refractivity contribution is 6.32. The zero-order chi connectivity index (χ0) is 15.0. The summed E-state index contributed by atoms with van der Waals surface area (Å²) in [6.07, 6.45) is 4.77. The maximum atomic E-state index is 11.9. The van der Waals surface area contributed by atoms with Crippen molar-refractivity contribution in [2.75, 3.05) is 12.4 Å². The highest BCUT2D eigenvalue weighted by Crippen LogP contribution is 2.39. The van der Waals surface area contributed by atoms with E-state index in [1.165, 1.54) is 12.8 Å². The Bertz CT molecular complexity index is 553. The summed E-state index contributed by atoms with van der Waals surface area (Å²) in [5.41, 5.74) is 1.68. The second-order valence-corrected chi connectivity index (χ2v) is 6.49. The number of carbonyl (C=O) groups is 1. The van der Waals surface area contributed by atoms with Crippen LogP contribution < -0.4 is 15.4 Å². The van der Waals surface area contributed by atoms with Crippen molar-refractivity contribution in [3.63, 3.8) is 0 Å². The van der Waals surface area contributed by atoms with E-state index in [4.69, 9.17) is 16.3 Å². The lowest BCUT2D eigenvalue weighted by atomic mass is 9.89. The summed E-state index contributed by atoms with van der Waals surface area (Å²) >= 11 is 6.33. The monoisotopic (exact) mass is 308 g/mol. The summed E-state index contributed by atoms with van der Waals surface area (Å²) in [6, 6.07) is 3.35. The van der Waals surface area contributed by atoms with Crippen LogP contribution in [0.3, 0.4) is 0 Å². The van der Waals surface area contributed by atoms with Gasteiger partial charge in [0, 0.05) is 17.3 Å². The summed E-state index contributed by atoms with van der Waals surface area (Å²) in [6.45, 7) is 2.28. The normalized spacial score (nSPS) is 28.1. The van der Waals surface area contributed by atoms with Crippen molar-refractivity contribution in [2.45, 2.75) is 44.8 Å². The van der Waals surface area contributed by atoms with Crippen molar-refractivity contribution in [3.8, 4) is 5.75 Å². The number of ether oxygens (including phenoxy) is 1. The molecular formula is C16H21ClN2O2. The molecule has 1 aliphatic heterocycles. The lowest BCUT2D eigenvalue weighted by molar-refractivity contribution is -0.117. The lowest BCUT2D eigenvalue weighted by Gasteiger charge is -2.27. The van der Waals surface area contributed by atoms with E-state index < -0.39 is 0 Å². The van der Waals surface area contributed by atoms with Crippen molar-refractivity contribution in [1.82, 2.24) is 5.32 Å². The van der Waals surface area contributed by atoms with Gasteiger partial charge in [-0.25, -0.2) is 0 Å². The van der Waals surface area contributed by atoms with E-state index in [1.807, 2.05) is 12.1 Å². The molecule has 5 heteroatoms. The van der Waals surface area contributed by atoms with Crippen molar-refractivity contribution in [2.24, 2.45) is 5.92 Å². The number of hydrogen-bond donors (Lipinski definition) is 2. The summed E-state index contributed by atoms with van der Waals surface area (Å²) < 4.78 is 6.06. The van der Waals surface area contributed by atoms with Gasteiger partial charge < -0.3 is 15.4 Å². The smallest absolute Gasteiger partial charge is 0.246 e. The number of likely N-dealkylation sites (N-methyl/N-ethyl adjacent to an activating group) is 1. The summed E-state index contributed by atoms with van der Waals surface area (Å²) in [5.74, 6) is 1.41. The molecule has 0 radical (unpaired) electrons. The lowest BCUT2D eigenvalue weighted by Crippen LogP contribution is -2.23. The molecule has 114 valence electrons. The predicted molar refractivity (Wildman–Crippen MR) is 83.9 cm³/mol. The SMILES string of the molecule is CNC1C(=O)Nc2cc(OC3CCC(C)CC3)c(Cl)cc21. The van der Waals surface area contributed by atoms with Crippen LogP contribution in [0.1, 0.15) is 44.2 Å². The van der Waals surface area contributed by atoms with Gasteiger partial charge in [0.2, 0.25) is 5.91 Å². The van der Waals surface area contributed by atoms with Gasteiger partial charge >= 0.3 is 0 Å². The Balaban J connectivity index is 1.79. The van der Waals surface area contributed by atoms with Crippen LogP contribution in [-0.2, 0) is 4.79 Å². The highest BCUT2D eigenvalue weighted by atomic mass is 35.5. The molecular weight excluding hydrogens is 288 g/mol. The van der Waals surface area contributed by atoms with E-state index in [-0.39, 0.29) is 18.1 Å². The first-order chi connectivity index (χ1) is 10.1. The molecule has 4 nitrogen and oxygen atoms in total. The quantitative estimate of drug-likeness (QED) is 0.898. The third-order valence-corrected chi connectivity index (χ3v) is 4.78. The fourth-order valence-corrected chi connectivity index (χ4v) is 3.38. The topological polar surface area (TPSA) is 50.4 Å². The second-order valence-electron chi connectivity index (χ2n) is 6.08. The second kappa shape index (κ2) is 5.85. The average Bonchev–Trinajstić information content (AvgIpc) is 2.76. The van der Waals surface area contributed by atoms with Gasteiger partial charge in [0.25, 0.3) is 0 Å². The van der Waals surface area contributed by atoms with Gasteiger partial charge in [-0.1, -0.05) is 18.5 Å². The van der Waals surface area contributed by atoms with E-state index in [0.29, 0.717) is 10.8 Å². The zero-order valence-corrected chi connectivity index (χ0v) is 13.2. The highest BCUT2D eigenvalue weighted by Gasteiger charge is 2.31. The third kappa shape index (κ3) is 2.87. The van der Waals surface area contributed by atoms with Crippen LogP contribution in [0.4, 0.5) is 5.69 Å². The fraction of sp³-hybridized carbons (Fsp3) is 0.562. The van der Waals surface area contributed by atoms with Crippen molar-refractivity contribution in [1.29, 1.82) is 0 Å². The first kappa shape index (κ1) is 14.7. The molecule has 1 aromatic carbocycles. The van der Waals surface area contributed by atoms with Gasteiger partial charge in [0.15, 0.2) is 0 Å². The first-order valence-corrected chi connectivity index (χ1v) is 7.94. The van der Waals surface area contributed by atoms with Crippen molar-refractivity contribution < 1.29 is 9.53 Å². The maximum absolute atomic E-state index is 11.9. The molecule has 2 N–H and O–H groups in total. The van der Waals surface area contributed by atoms with Crippen LogP contribution in [0, 0.1) is 5.92 Å². The summed E-state index contributed by atoms with van der Waals surface area (Å²) in [7, 11) is 1.76. The van der Waals surface area contributed by atoms with Gasteiger partial charge in [-0.2, -0.15) is 0 Å². The molecule has 1 fully saturated rings. The van der Waals surface area contributed by atoms with Crippen molar-refractivity contribution >= 4 is 23.2 Å². The number of fused-ring (bicyclic) bond motifs is 1. The standard InChI is InChI=1S/C16H21ClN2O2/c1-9-3-5-10(6-4-9)21-14-8-13-11(7-12(14)17)15(18-2)16(20)19-13/h7-10,15,18H,3-6H2,1-2H3,(H,19,20).